The van der Waals surface area contributed by atoms with E-state index in [1.165, 1.54) is 4.31 Å². The monoisotopic (exact) mass is 206 g/mol. The zero-order valence-electron chi connectivity index (χ0n) is 8.23. The zero-order valence-corrected chi connectivity index (χ0v) is 9.05. The Kier molecular flexibility index (Phi) is 3.32. The largest absolute Gasteiger partial charge is 0.276 e. The van der Waals surface area contributed by atoms with E-state index in [1.807, 2.05) is 0 Å². The first-order valence-electron chi connectivity index (χ1n) is 4.67. The molecule has 0 aromatic carbocycles. The van der Waals surface area contributed by atoms with Crippen molar-refractivity contribution in [2.45, 2.75) is 26.7 Å². The van der Waals surface area contributed by atoms with Crippen LogP contribution in [0, 0.1) is 11.8 Å². The second kappa shape index (κ2) is 3.94. The predicted molar refractivity (Wildman–Crippen MR) is 52.2 cm³/mol. The maximum absolute atomic E-state index is 11.0. The molecule has 0 spiro atoms. The van der Waals surface area contributed by atoms with Crippen LogP contribution in [0.3, 0.4) is 0 Å². The lowest BCUT2D eigenvalue weighted by molar-refractivity contribution is 0.407. The minimum Gasteiger partial charge on any atom is -0.216 e. The molecule has 0 bridgehead atoms. The van der Waals surface area contributed by atoms with Crippen molar-refractivity contribution in [2.24, 2.45) is 17.0 Å². The van der Waals surface area contributed by atoms with Crippen LogP contribution >= 0.6 is 0 Å². The molecule has 0 aromatic heterocycles. The van der Waals surface area contributed by atoms with Gasteiger partial charge in [0.05, 0.1) is 0 Å². The predicted octanol–water partition coefficient (Wildman–Crippen LogP) is 0.558. The fraction of sp³-hybridized carbons (Fsp3) is 1.00. The first kappa shape index (κ1) is 10.9. The van der Waals surface area contributed by atoms with Crippen LogP contribution in [-0.2, 0) is 10.2 Å². The molecule has 1 aliphatic heterocycles. The summed E-state index contributed by atoms with van der Waals surface area (Å²) >= 11 is 0. The summed E-state index contributed by atoms with van der Waals surface area (Å²) in [5.41, 5.74) is 0. The number of nitrogens with zero attached hydrogens (tertiary/aromatic N) is 1. The highest BCUT2D eigenvalue weighted by molar-refractivity contribution is 7.86. The summed E-state index contributed by atoms with van der Waals surface area (Å²) in [5, 5.41) is 5.03. The van der Waals surface area contributed by atoms with Gasteiger partial charge in [-0.05, 0) is 24.7 Å². The Bertz CT molecular complexity index is 261. The van der Waals surface area contributed by atoms with E-state index in [2.05, 4.69) is 13.8 Å². The van der Waals surface area contributed by atoms with E-state index in [-0.39, 0.29) is 0 Å². The van der Waals surface area contributed by atoms with Gasteiger partial charge in [0.2, 0.25) is 0 Å². The van der Waals surface area contributed by atoms with Crippen molar-refractivity contribution in [3.8, 4) is 0 Å². The van der Waals surface area contributed by atoms with Gasteiger partial charge in [-0.2, -0.15) is 12.7 Å². The lowest BCUT2D eigenvalue weighted by Crippen LogP contribution is -2.34. The Morgan fingerprint density at radius 1 is 1.54 bits per heavy atom. The fourth-order valence-electron chi connectivity index (χ4n) is 1.89. The molecule has 4 nitrogen and oxygen atoms in total. The van der Waals surface area contributed by atoms with Crippen molar-refractivity contribution in [3.63, 3.8) is 0 Å². The molecule has 1 rings (SSSR count). The van der Waals surface area contributed by atoms with Crippen LogP contribution in [0.1, 0.15) is 26.7 Å². The molecule has 1 heterocycles. The van der Waals surface area contributed by atoms with Gasteiger partial charge >= 0.3 is 0 Å². The number of rotatable bonds is 3. The summed E-state index contributed by atoms with van der Waals surface area (Å²) in [6.45, 7) is 5.51. The van der Waals surface area contributed by atoms with E-state index in [0.717, 1.165) is 12.8 Å². The number of hydrogen-bond acceptors (Lipinski definition) is 2. The molecule has 0 unspecified atom stereocenters. The molecular formula is C8H18N2O2S. The highest BCUT2D eigenvalue weighted by Crippen LogP contribution is 2.23. The molecule has 0 aliphatic carbocycles. The van der Waals surface area contributed by atoms with Gasteiger partial charge in [-0.3, -0.25) is 0 Å². The second-order valence-corrected chi connectivity index (χ2v) is 5.73. The molecule has 78 valence electrons. The highest BCUT2D eigenvalue weighted by Gasteiger charge is 2.28. The van der Waals surface area contributed by atoms with Crippen molar-refractivity contribution in [1.82, 2.24) is 4.31 Å². The van der Waals surface area contributed by atoms with Crippen molar-refractivity contribution in [1.29, 1.82) is 0 Å². The van der Waals surface area contributed by atoms with Crippen molar-refractivity contribution >= 4 is 10.2 Å². The molecule has 5 heteroatoms. The number of hydrogen-bond donors (Lipinski definition) is 1. The van der Waals surface area contributed by atoms with Crippen LogP contribution in [0.4, 0.5) is 0 Å². The lowest BCUT2D eigenvalue weighted by Gasteiger charge is -2.14. The van der Waals surface area contributed by atoms with Crippen LogP contribution in [0.2, 0.25) is 0 Å². The highest BCUT2D eigenvalue weighted by atomic mass is 32.2. The van der Waals surface area contributed by atoms with Gasteiger partial charge in [-0.1, -0.05) is 13.8 Å². The third-order valence-electron chi connectivity index (χ3n) is 2.41. The van der Waals surface area contributed by atoms with Gasteiger partial charge in [0, 0.05) is 13.1 Å². The van der Waals surface area contributed by atoms with Gasteiger partial charge < -0.3 is 0 Å². The Labute approximate surface area is 80.3 Å². The summed E-state index contributed by atoms with van der Waals surface area (Å²) in [7, 11) is -3.44. The van der Waals surface area contributed by atoms with Crippen LogP contribution in [0.15, 0.2) is 0 Å². The third-order valence-corrected chi connectivity index (χ3v) is 3.46. The van der Waals surface area contributed by atoms with E-state index in [1.54, 1.807) is 0 Å². The molecule has 1 saturated heterocycles. The minimum absolute atomic E-state index is 0.498. The standard InChI is InChI=1S/C8H18N2O2S/c1-7(2)5-8-3-4-10(6-8)13(9,11)12/h7-8H,3-6H2,1-2H3,(H2,9,11,12)/t8-/m0/s1. The summed E-state index contributed by atoms with van der Waals surface area (Å²) in [6.07, 6.45) is 2.04. The Balaban J connectivity index is 2.46. The fourth-order valence-corrected chi connectivity index (χ4v) is 2.67. The molecule has 1 atom stereocenters. The summed E-state index contributed by atoms with van der Waals surface area (Å²) in [5.74, 6) is 1.13. The normalized spacial score (nSPS) is 25.7. The maximum Gasteiger partial charge on any atom is 0.276 e. The van der Waals surface area contributed by atoms with Crippen molar-refractivity contribution in [2.75, 3.05) is 13.1 Å². The Morgan fingerprint density at radius 2 is 2.15 bits per heavy atom. The molecule has 0 saturated carbocycles. The van der Waals surface area contributed by atoms with Gasteiger partial charge in [0.15, 0.2) is 0 Å². The molecule has 2 N–H and O–H groups in total. The average Bonchev–Trinajstić information content (AvgIpc) is 2.32. The average molecular weight is 206 g/mol. The summed E-state index contributed by atoms with van der Waals surface area (Å²) in [6, 6.07) is 0. The smallest absolute Gasteiger partial charge is 0.216 e. The first-order valence-corrected chi connectivity index (χ1v) is 6.17. The Morgan fingerprint density at radius 3 is 2.54 bits per heavy atom. The summed E-state index contributed by atoms with van der Waals surface area (Å²) < 4.78 is 23.3. The van der Waals surface area contributed by atoms with Gasteiger partial charge in [-0.15, -0.1) is 0 Å². The van der Waals surface area contributed by atoms with E-state index in [0.29, 0.717) is 24.9 Å². The van der Waals surface area contributed by atoms with E-state index < -0.39 is 10.2 Å². The third kappa shape index (κ3) is 3.25. The second-order valence-electron chi connectivity index (χ2n) is 4.19. The molecule has 0 amide bonds. The van der Waals surface area contributed by atoms with E-state index in [4.69, 9.17) is 5.14 Å². The molecule has 13 heavy (non-hydrogen) atoms. The number of nitrogens with two attached hydrogens (primary N) is 1. The van der Waals surface area contributed by atoms with Crippen LogP contribution < -0.4 is 5.14 Å². The van der Waals surface area contributed by atoms with Crippen molar-refractivity contribution in [3.05, 3.63) is 0 Å². The Hall–Kier alpha value is -0.130. The van der Waals surface area contributed by atoms with Gasteiger partial charge in [0.25, 0.3) is 10.2 Å². The minimum atomic E-state index is -3.44. The maximum atomic E-state index is 11.0. The molecular weight excluding hydrogens is 188 g/mol. The quantitative estimate of drug-likeness (QED) is 0.733. The van der Waals surface area contributed by atoms with Crippen LogP contribution in [-0.4, -0.2) is 25.8 Å². The molecule has 0 radical (unpaired) electrons. The zero-order chi connectivity index (χ0) is 10.1. The molecule has 1 fully saturated rings. The van der Waals surface area contributed by atoms with E-state index in [9.17, 15) is 8.42 Å². The topological polar surface area (TPSA) is 63.4 Å². The van der Waals surface area contributed by atoms with Gasteiger partial charge in [0.1, 0.15) is 0 Å². The van der Waals surface area contributed by atoms with Crippen LogP contribution in [0.25, 0.3) is 0 Å². The molecule has 0 aromatic rings. The SMILES string of the molecule is CC(C)C[C@@H]1CCN(S(N)(=O)=O)C1. The molecule has 1 aliphatic rings. The summed E-state index contributed by atoms with van der Waals surface area (Å²) in [4.78, 5) is 0. The van der Waals surface area contributed by atoms with E-state index >= 15 is 0 Å². The first-order chi connectivity index (χ1) is 5.89. The van der Waals surface area contributed by atoms with Gasteiger partial charge in [-0.25, -0.2) is 5.14 Å². The van der Waals surface area contributed by atoms with Crippen molar-refractivity contribution < 1.29 is 8.42 Å². The van der Waals surface area contributed by atoms with Crippen LogP contribution in [0.5, 0.6) is 0 Å². The lowest BCUT2D eigenvalue weighted by atomic mass is 9.97.